The molecule has 5 heteroatoms. The van der Waals surface area contributed by atoms with Crippen molar-refractivity contribution < 1.29 is 0 Å². The van der Waals surface area contributed by atoms with Gasteiger partial charge in [-0.3, -0.25) is 0 Å². The fourth-order valence-corrected chi connectivity index (χ4v) is 2.48. The summed E-state index contributed by atoms with van der Waals surface area (Å²) < 4.78 is 0.832. The van der Waals surface area contributed by atoms with Crippen LogP contribution >= 0.6 is 27.5 Å². The van der Waals surface area contributed by atoms with E-state index >= 15 is 0 Å². The fraction of sp³-hybridized carbons (Fsp3) is 0. The van der Waals surface area contributed by atoms with Gasteiger partial charge < -0.3 is 5.32 Å². The van der Waals surface area contributed by atoms with E-state index in [1.54, 1.807) is 12.1 Å². The van der Waals surface area contributed by atoms with Crippen molar-refractivity contribution in [3.05, 3.63) is 63.6 Å². The number of nitriles is 1. The summed E-state index contributed by atoms with van der Waals surface area (Å²) in [7, 11) is 0. The first kappa shape index (κ1) is 13.9. The first-order valence-electron chi connectivity index (χ1n) is 6.19. The molecule has 3 aromatic rings. The molecule has 1 heterocycles. The minimum absolute atomic E-state index is 0.589. The number of hydrogen-bond donors (Lipinski definition) is 1. The molecule has 0 radical (unpaired) electrons. The molecule has 0 amide bonds. The third-order valence-electron chi connectivity index (χ3n) is 3.03. The van der Waals surface area contributed by atoms with Gasteiger partial charge in [0.15, 0.2) is 0 Å². The van der Waals surface area contributed by atoms with Gasteiger partial charge in [0.05, 0.1) is 22.2 Å². The Morgan fingerprint density at radius 1 is 1.14 bits per heavy atom. The van der Waals surface area contributed by atoms with E-state index in [1.807, 2.05) is 36.4 Å². The van der Waals surface area contributed by atoms with Crippen LogP contribution in [0.2, 0.25) is 5.02 Å². The molecule has 21 heavy (non-hydrogen) atoms. The number of pyridine rings is 1. The van der Waals surface area contributed by atoms with Crippen molar-refractivity contribution in [3.8, 4) is 6.07 Å². The fourth-order valence-electron chi connectivity index (χ4n) is 2.05. The van der Waals surface area contributed by atoms with Crippen molar-refractivity contribution in [2.24, 2.45) is 0 Å². The maximum Gasteiger partial charge on any atom is 0.132 e. The Morgan fingerprint density at radius 3 is 2.71 bits per heavy atom. The van der Waals surface area contributed by atoms with Gasteiger partial charge in [0, 0.05) is 15.5 Å². The largest absolute Gasteiger partial charge is 0.340 e. The summed E-state index contributed by atoms with van der Waals surface area (Å²) in [4.78, 5) is 4.51. The van der Waals surface area contributed by atoms with Crippen LogP contribution in [0.1, 0.15) is 5.56 Å². The van der Waals surface area contributed by atoms with Crippen LogP contribution in [0.15, 0.2) is 53.0 Å². The van der Waals surface area contributed by atoms with Crippen molar-refractivity contribution in [2.75, 3.05) is 5.32 Å². The lowest BCUT2D eigenvalue weighted by atomic mass is 10.1. The third kappa shape index (κ3) is 2.85. The van der Waals surface area contributed by atoms with E-state index in [1.165, 1.54) is 0 Å². The van der Waals surface area contributed by atoms with Crippen LogP contribution in [-0.4, -0.2) is 4.98 Å². The molecular formula is C16H9BrClN3. The molecule has 0 fully saturated rings. The van der Waals surface area contributed by atoms with Crippen molar-refractivity contribution in [1.29, 1.82) is 5.26 Å². The minimum atomic E-state index is 0.589. The number of nitrogens with zero attached hydrogens (tertiary/aromatic N) is 2. The summed E-state index contributed by atoms with van der Waals surface area (Å²) in [5.41, 5.74) is 2.18. The van der Waals surface area contributed by atoms with Crippen molar-refractivity contribution in [2.45, 2.75) is 0 Å². The van der Waals surface area contributed by atoms with E-state index in [0.29, 0.717) is 16.4 Å². The Kier molecular flexibility index (Phi) is 3.78. The molecule has 1 aromatic heterocycles. The van der Waals surface area contributed by atoms with E-state index < -0.39 is 0 Å². The maximum atomic E-state index is 9.27. The normalized spacial score (nSPS) is 10.3. The van der Waals surface area contributed by atoms with Crippen LogP contribution < -0.4 is 5.32 Å². The molecule has 0 atom stereocenters. The van der Waals surface area contributed by atoms with E-state index in [9.17, 15) is 5.26 Å². The Bertz CT molecular complexity index is 871. The zero-order chi connectivity index (χ0) is 14.8. The molecule has 0 spiro atoms. The highest BCUT2D eigenvalue weighted by molar-refractivity contribution is 9.10. The Balaban J connectivity index is 2.04. The third-order valence-corrected chi connectivity index (χ3v) is 4.26. The molecule has 0 aliphatic carbocycles. The monoisotopic (exact) mass is 357 g/mol. The molecule has 0 bridgehead atoms. The van der Waals surface area contributed by atoms with Gasteiger partial charge >= 0.3 is 0 Å². The van der Waals surface area contributed by atoms with Crippen LogP contribution in [0.25, 0.3) is 10.9 Å². The lowest BCUT2D eigenvalue weighted by Gasteiger charge is -2.09. The number of rotatable bonds is 2. The standard InChI is InChI=1S/C16H9BrClN3/c17-13-6-5-11(8-14(13)18)20-16-7-10(9-19)12-3-1-2-4-15(12)21-16/h1-8H,(H,20,21). The average Bonchev–Trinajstić information content (AvgIpc) is 2.50. The summed E-state index contributed by atoms with van der Waals surface area (Å²) in [5.74, 6) is 0.614. The molecule has 1 N–H and O–H groups in total. The van der Waals surface area contributed by atoms with Crippen molar-refractivity contribution in [3.63, 3.8) is 0 Å². The number of aromatic nitrogens is 1. The van der Waals surface area contributed by atoms with Gasteiger partial charge in [-0.05, 0) is 46.3 Å². The highest BCUT2D eigenvalue weighted by Crippen LogP contribution is 2.28. The van der Waals surface area contributed by atoms with E-state index in [2.05, 4.69) is 32.3 Å². The minimum Gasteiger partial charge on any atom is -0.340 e. The van der Waals surface area contributed by atoms with Crippen LogP contribution in [0, 0.1) is 11.3 Å². The van der Waals surface area contributed by atoms with Gasteiger partial charge in [0.1, 0.15) is 5.82 Å². The summed E-state index contributed by atoms with van der Waals surface area (Å²) in [5, 5.41) is 13.9. The SMILES string of the molecule is N#Cc1cc(Nc2ccc(Br)c(Cl)c2)nc2ccccc12. The van der Waals surface area contributed by atoms with Gasteiger partial charge in [-0.1, -0.05) is 29.8 Å². The Hall–Kier alpha value is -2.09. The summed E-state index contributed by atoms with van der Waals surface area (Å²) in [6.45, 7) is 0. The first-order valence-corrected chi connectivity index (χ1v) is 7.36. The summed E-state index contributed by atoms with van der Waals surface area (Å²) in [6, 6.07) is 17.1. The highest BCUT2D eigenvalue weighted by Gasteiger charge is 2.06. The molecule has 3 rings (SSSR count). The summed E-state index contributed by atoms with van der Waals surface area (Å²) in [6.07, 6.45) is 0. The van der Waals surface area contributed by atoms with E-state index in [-0.39, 0.29) is 0 Å². The predicted octanol–water partition coefficient (Wildman–Crippen LogP) is 5.27. The number of halogens is 2. The molecule has 0 saturated carbocycles. The second-order valence-electron chi connectivity index (χ2n) is 4.44. The molecule has 0 unspecified atom stereocenters. The number of para-hydroxylation sites is 1. The topological polar surface area (TPSA) is 48.7 Å². The van der Waals surface area contributed by atoms with Gasteiger partial charge in [0.2, 0.25) is 0 Å². The Morgan fingerprint density at radius 2 is 1.95 bits per heavy atom. The van der Waals surface area contributed by atoms with Gasteiger partial charge in [-0.2, -0.15) is 5.26 Å². The van der Waals surface area contributed by atoms with Crippen LogP contribution in [0.5, 0.6) is 0 Å². The molecule has 102 valence electrons. The average molecular weight is 359 g/mol. The number of nitrogens with one attached hydrogen (secondary N) is 1. The highest BCUT2D eigenvalue weighted by atomic mass is 79.9. The van der Waals surface area contributed by atoms with Gasteiger partial charge in [-0.25, -0.2) is 4.98 Å². The van der Waals surface area contributed by atoms with Gasteiger partial charge in [-0.15, -0.1) is 0 Å². The molecule has 3 nitrogen and oxygen atoms in total. The second kappa shape index (κ2) is 5.72. The van der Waals surface area contributed by atoms with E-state index in [0.717, 1.165) is 21.1 Å². The molecule has 0 aliphatic heterocycles. The van der Waals surface area contributed by atoms with Crippen LogP contribution in [0.3, 0.4) is 0 Å². The van der Waals surface area contributed by atoms with Gasteiger partial charge in [0.25, 0.3) is 0 Å². The number of fused-ring (bicyclic) bond motifs is 1. The first-order chi connectivity index (χ1) is 10.2. The van der Waals surface area contributed by atoms with Crippen LogP contribution in [0.4, 0.5) is 11.5 Å². The zero-order valence-electron chi connectivity index (χ0n) is 10.8. The van der Waals surface area contributed by atoms with Crippen molar-refractivity contribution >= 4 is 49.9 Å². The molecule has 2 aromatic carbocycles. The zero-order valence-corrected chi connectivity index (χ0v) is 13.1. The lowest BCUT2D eigenvalue weighted by molar-refractivity contribution is 1.36. The number of benzene rings is 2. The molecule has 0 aliphatic rings. The summed E-state index contributed by atoms with van der Waals surface area (Å²) >= 11 is 9.43. The lowest BCUT2D eigenvalue weighted by Crippen LogP contribution is -1.95. The van der Waals surface area contributed by atoms with E-state index in [4.69, 9.17) is 11.6 Å². The van der Waals surface area contributed by atoms with Crippen molar-refractivity contribution in [1.82, 2.24) is 4.98 Å². The number of anilines is 2. The molecular weight excluding hydrogens is 350 g/mol. The maximum absolute atomic E-state index is 9.27. The second-order valence-corrected chi connectivity index (χ2v) is 5.70. The quantitative estimate of drug-likeness (QED) is 0.679. The molecule has 0 saturated heterocycles. The predicted molar refractivity (Wildman–Crippen MR) is 88.9 cm³/mol. The smallest absolute Gasteiger partial charge is 0.132 e. The Labute approximate surface area is 135 Å². The number of hydrogen-bond acceptors (Lipinski definition) is 3. The van der Waals surface area contributed by atoms with Crippen LogP contribution in [-0.2, 0) is 0 Å².